The van der Waals surface area contributed by atoms with Crippen LogP contribution in [0.5, 0.6) is 0 Å². The molecule has 6 heteroatoms. The number of rotatable bonds is 12. The van der Waals surface area contributed by atoms with Crippen LogP contribution in [-0.2, 0) is 13.3 Å². The molecule has 0 heterocycles. The van der Waals surface area contributed by atoms with E-state index in [1.165, 1.54) is 0 Å². The van der Waals surface area contributed by atoms with E-state index in [-0.39, 0.29) is 6.10 Å². The van der Waals surface area contributed by atoms with E-state index in [1.807, 2.05) is 0 Å². The van der Waals surface area contributed by atoms with Crippen LogP contribution in [-0.4, -0.2) is 34.7 Å². The molecule has 0 radical (unpaired) electrons. The van der Waals surface area contributed by atoms with Gasteiger partial charge < -0.3 is 13.3 Å². The van der Waals surface area contributed by atoms with Crippen molar-refractivity contribution in [1.82, 2.24) is 5.43 Å². The van der Waals surface area contributed by atoms with Crippen molar-refractivity contribution in [1.29, 1.82) is 0 Å². The number of hydrogen-bond acceptors (Lipinski definition) is 5. The van der Waals surface area contributed by atoms with Gasteiger partial charge in [-0.15, -0.1) is 0 Å². The second-order valence-electron chi connectivity index (χ2n) is 4.42. The van der Waals surface area contributed by atoms with E-state index in [2.05, 4.69) is 33.1 Å². The summed E-state index contributed by atoms with van der Waals surface area (Å²) in [5.41, 5.74) is 2.66. The molecule has 0 fully saturated rings. The molecule has 0 aliphatic carbocycles. The molecule has 3 N–H and O–H groups in total. The van der Waals surface area contributed by atoms with E-state index >= 15 is 0 Å². The zero-order valence-electron chi connectivity index (χ0n) is 12.3. The highest BCUT2D eigenvalue weighted by molar-refractivity contribution is 6.60. The van der Waals surface area contributed by atoms with Crippen LogP contribution >= 0.6 is 0 Å². The Morgan fingerprint density at radius 3 is 2.06 bits per heavy atom. The number of nitrogens with one attached hydrogen (secondary N) is 1. The molecule has 0 spiro atoms. The van der Waals surface area contributed by atoms with E-state index in [0.29, 0.717) is 25.8 Å². The third-order valence-corrected chi connectivity index (χ3v) is 5.50. The Hall–Kier alpha value is 0.0169. The fourth-order valence-corrected chi connectivity index (χ4v) is 4.33. The molecule has 1 unspecified atom stereocenters. The minimum absolute atomic E-state index is 0.156. The molecule has 0 saturated heterocycles. The molecule has 110 valence electrons. The second-order valence-corrected chi connectivity index (χ2v) is 7.10. The molecule has 0 amide bonds. The summed E-state index contributed by atoms with van der Waals surface area (Å²) < 4.78 is 18.0. The zero-order valence-corrected chi connectivity index (χ0v) is 13.3. The fraction of sp³-hybridized carbons (Fsp3) is 1.00. The van der Waals surface area contributed by atoms with Gasteiger partial charge in [-0.25, -0.2) is 0 Å². The molecule has 0 aromatic heterocycles. The molecular formula is C12H30N2O3Si. The van der Waals surface area contributed by atoms with Crippen molar-refractivity contribution in [2.45, 2.75) is 59.1 Å². The van der Waals surface area contributed by atoms with E-state index in [9.17, 15) is 0 Å². The van der Waals surface area contributed by atoms with Gasteiger partial charge in [-0.1, -0.05) is 20.8 Å². The van der Waals surface area contributed by atoms with Gasteiger partial charge in [0.25, 0.3) is 0 Å². The van der Waals surface area contributed by atoms with Crippen molar-refractivity contribution >= 4 is 8.80 Å². The van der Waals surface area contributed by atoms with Crippen molar-refractivity contribution < 1.29 is 13.3 Å². The standard InChI is InChI=1S/C12H30N2O3Si/c1-5-9-15-18(11-8-14-13,16-10-6-2)17-12(4)7-3/h12,14H,5-11,13H2,1-4H3. The van der Waals surface area contributed by atoms with Gasteiger partial charge in [0, 0.05) is 31.9 Å². The van der Waals surface area contributed by atoms with Crippen LogP contribution in [0.3, 0.4) is 0 Å². The van der Waals surface area contributed by atoms with Crippen LogP contribution in [0.1, 0.15) is 47.0 Å². The summed E-state index contributed by atoms with van der Waals surface area (Å²) in [5.74, 6) is 5.36. The fourth-order valence-electron chi connectivity index (χ4n) is 1.44. The van der Waals surface area contributed by atoms with E-state index in [0.717, 1.165) is 19.3 Å². The van der Waals surface area contributed by atoms with Gasteiger partial charge in [-0.3, -0.25) is 11.3 Å². The molecule has 0 aromatic rings. The monoisotopic (exact) mass is 278 g/mol. The third kappa shape index (κ3) is 7.45. The predicted molar refractivity (Wildman–Crippen MR) is 76.1 cm³/mol. The lowest BCUT2D eigenvalue weighted by molar-refractivity contribution is 0.0312. The molecular weight excluding hydrogens is 248 g/mol. The van der Waals surface area contributed by atoms with Crippen LogP contribution < -0.4 is 11.3 Å². The van der Waals surface area contributed by atoms with Crippen LogP contribution in [0.4, 0.5) is 0 Å². The predicted octanol–water partition coefficient (Wildman–Crippen LogP) is 2.06. The largest absolute Gasteiger partial charge is 0.502 e. The summed E-state index contributed by atoms with van der Waals surface area (Å²) in [4.78, 5) is 0. The average Bonchev–Trinajstić information content (AvgIpc) is 2.40. The van der Waals surface area contributed by atoms with Gasteiger partial charge in [-0.05, 0) is 26.2 Å². The molecule has 1 atom stereocenters. The van der Waals surface area contributed by atoms with Gasteiger partial charge in [0.15, 0.2) is 0 Å². The Morgan fingerprint density at radius 2 is 1.67 bits per heavy atom. The highest BCUT2D eigenvalue weighted by Crippen LogP contribution is 2.19. The maximum atomic E-state index is 6.09. The van der Waals surface area contributed by atoms with Gasteiger partial charge in [-0.2, -0.15) is 0 Å². The van der Waals surface area contributed by atoms with Crippen LogP contribution in [0.25, 0.3) is 0 Å². The second kappa shape index (κ2) is 10.9. The summed E-state index contributed by atoms with van der Waals surface area (Å²) in [7, 11) is -2.58. The van der Waals surface area contributed by atoms with Crippen molar-refractivity contribution in [2.75, 3.05) is 19.8 Å². The Labute approximate surface area is 113 Å². The van der Waals surface area contributed by atoms with Gasteiger partial charge in [0.2, 0.25) is 0 Å². The lowest BCUT2D eigenvalue weighted by atomic mass is 10.3. The van der Waals surface area contributed by atoms with Gasteiger partial charge >= 0.3 is 8.80 Å². The number of hydrogen-bond donors (Lipinski definition) is 2. The molecule has 0 aromatic carbocycles. The maximum absolute atomic E-state index is 6.09. The first kappa shape index (κ1) is 18.0. The summed E-state index contributed by atoms with van der Waals surface area (Å²) in [6.07, 6.45) is 3.03. The molecule has 0 bridgehead atoms. The summed E-state index contributed by atoms with van der Waals surface area (Å²) in [6, 6.07) is 0.716. The molecule has 0 aliphatic rings. The zero-order chi connectivity index (χ0) is 13.9. The first-order valence-corrected chi connectivity index (χ1v) is 8.96. The number of nitrogens with two attached hydrogens (primary N) is 1. The number of hydrazine groups is 1. The van der Waals surface area contributed by atoms with Crippen LogP contribution in [0.2, 0.25) is 6.04 Å². The minimum atomic E-state index is -2.58. The molecule has 0 saturated carbocycles. The topological polar surface area (TPSA) is 65.7 Å². The Bertz CT molecular complexity index is 174. The molecule has 0 aliphatic heterocycles. The minimum Gasteiger partial charge on any atom is -0.373 e. The van der Waals surface area contributed by atoms with Crippen molar-refractivity contribution in [3.05, 3.63) is 0 Å². The summed E-state index contributed by atoms with van der Waals surface area (Å²) in [6.45, 7) is 10.3. The summed E-state index contributed by atoms with van der Waals surface area (Å²) >= 11 is 0. The van der Waals surface area contributed by atoms with E-state index in [4.69, 9.17) is 19.1 Å². The van der Waals surface area contributed by atoms with Crippen molar-refractivity contribution in [2.24, 2.45) is 5.84 Å². The van der Waals surface area contributed by atoms with Gasteiger partial charge in [0.05, 0.1) is 0 Å². The first-order valence-electron chi connectivity index (χ1n) is 7.03. The van der Waals surface area contributed by atoms with Crippen molar-refractivity contribution in [3.8, 4) is 0 Å². The Kier molecular flexibility index (Phi) is 10.9. The van der Waals surface area contributed by atoms with Crippen LogP contribution in [0, 0.1) is 0 Å². The molecule has 18 heavy (non-hydrogen) atoms. The Balaban J connectivity index is 4.61. The van der Waals surface area contributed by atoms with Gasteiger partial charge in [0.1, 0.15) is 0 Å². The lowest BCUT2D eigenvalue weighted by Gasteiger charge is -2.32. The van der Waals surface area contributed by atoms with E-state index < -0.39 is 8.80 Å². The first-order chi connectivity index (χ1) is 8.64. The highest BCUT2D eigenvalue weighted by atomic mass is 28.4. The third-order valence-electron chi connectivity index (χ3n) is 2.58. The maximum Gasteiger partial charge on any atom is 0.502 e. The smallest absolute Gasteiger partial charge is 0.373 e. The summed E-state index contributed by atoms with van der Waals surface area (Å²) in [5, 5.41) is 0. The SMILES string of the molecule is CCCO[Si](CCNN)(OCCC)OC(C)CC. The lowest BCUT2D eigenvalue weighted by Crippen LogP contribution is -2.50. The van der Waals surface area contributed by atoms with E-state index in [1.54, 1.807) is 0 Å². The highest BCUT2D eigenvalue weighted by Gasteiger charge is 2.41. The molecule has 5 nitrogen and oxygen atoms in total. The molecule has 0 rings (SSSR count). The Morgan fingerprint density at radius 1 is 1.11 bits per heavy atom. The average molecular weight is 278 g/mol. The van der Waals surface area contributed by atoms with Crippen molar-refractivity contribution in [3.63, 3.8) is 0 Å². The quantitative estimate of drug-likeness (QED) is 0.325. The normalized spacial score (nSPS) is 13.8. The van der Waals surface area contributed by atoms with Crippen LogP contribution in [0.15, 0.2) is 0 Å².